The Morgan fingerprint density at radius 3 is 1.29 bits per heavy atom. The Kier molecular flexibility index (Phi) is 6.63. The third-order valence-corrected chi connectivity index (χ3v) is 7.04. The number of hydrazine groups is 2. The average Bonchev–Trinajstić information content (AvgIpc) is 3.20. The third-order valence-electron chi connectivity index (χ3n) is 7.04. The van der Waals surface area contributed by atoms with Crippen LogP contribution in [0, 0.1) is 11.8 Å². The van der Waals surface area contributed by atoms with Gasteiger partial charge in [-0.3, -0.25) is 19.2 Å². The molecule has 2 aliphatic heterocycles. The van der Waals surface area contributed by atoms with Crippen molar-refractivity contribution in [1.29, 1.82) is 0 Å². The number of ketones is 2. The Morgan fingerprint density at radius 2 is 0.971 bits per heavy atom. The molecule has 0 aliphatic carbocycles. The Morgan fingerprint density at radius 1 is 0.647 bits per heavy atom. The summed E-state index contributed by atoms with van der Waals surface area (Å²) in [6, 6.07) is 17.7. The summed E-state index contributed by atoms with van der Waals surface area (Å²) in [4.78, 5) is 52.4. The maximum atomic E-state index is 13.1. The van der Waals surface area contributed by atoms with Crippen molar-refractivity contribution in [1.82, 2.24) is 10.0 Å². The van der Waals surface area contributed by atoms with Crippen molar-refractivity contribution in [3.63, 3.8) is 0 Å². The highest BCUT2D eigenvalue weighted by Crippen LogP contribution is 2.33. The molecule has 8 heteroatoms. The van der Waals surface area contributed by atoms with E-state index in [9.17, 15) is 19.2 Å². The van der Waals surface area contributed by atoms with Crippen molar-refractivity contribution in [2.45, 2.75) is 38.8 Å². The molecule has 0 spiro atoms. The van der Waals surface area contributed by atoms with Gasteiger partial charge in [-0.25, -0.2) is 20.0 Å². The highest BCUT2D eigenvalue weighted by Gasteiger charge is 2.49. The number of benzene rings is 2. The van der Waals surface area contributed by atoms with E-state index in [-0.39, 0.29) is 48.3 Å². The molecule has 34 heavy (non-hydrogen) atoms. The van der Waals surface area contributed by atoms with E-state index in [4.69, 9.17) is 0 Å². The monoisotopic (exact) mass is 462 g/mol. The topological polar surface area (TPSA) is 81.2 Å². The normalized spacial score (nSPS) is 25.9. The van der Waals surface area contributed by atoms with E-state index in [0.29, 0.717) is 11.4 Å². The van der Waals surface area contributed by atoms with E-state index < -0.39 is 11.8 Å². The Bertz CT molecular complexity index is 1000. The number of para-hydroxylation sites is 2. The number of carbonyl (C=O) groups excluding carboxylic acids is 4. The van der Waals surface area contributed by atoms with Crippen LogP contribution in [-0.2, 0) is 19.2 Å². The van der Waals surface area contributed by atoms with Gasteiger partial charge < -0.3 is 0 Å². The second-order valence-electron chi connectivity index (χ2n) is 8.99. The SMILES string of the molecule is CC1C(C(=O)CCC(=O)C2C(=O)N(c3ccccc3)N(C)C2C)C(=O)N(c2ccccc2)N1C. The number of hydrogen-bond donors (Lipinski definition) is 0. The van der Waals surface area contributed by atoms with Gasteiger partial charge in [0, 0.05) is 39.0 Å². The van der Waals surface area contributed by atoms with Gasteiger partial charge in [0.2, 0.25) is 0 Å². The fourth-order valence-corrected chi connectivity index (χ4v) is 4.91. The van der Waals surface area contributed by atoms with Crippen molar-refractivity contribution in [3.05, 3.63) is 60.7 Å². The minimum atomic E-state index is -0.849. The lowest BCUT2D eigenvalue weighted by Crippen LogP contribution is -2.38. The molecule has 2 aromatic carbocycles. The van der Waals surface area contributed by atoms with E-state index in [1.54, 1.807) is 24.1 Å². The van der Waals surface area contributed by atoms with Gasteiger partial charge in [0.1, 0.15) is 23.4 Å². The molecule has 0 bridgehead atoms. The lowest BCUT2D eigenvalue weighted by atomic mass is 9.89. The Labute approximate surface area is 199 Å². The Hall–Kier alpha value is -3.36. The van der Waals surface area contributed by atoms with Gasteiger partial charge in [0.05, 0.1) is 11.4 Å². The van der Waals surface area contributed by atoms with Crippen LogP contribution in [0.2, 0.25) is 0 Å². The van der Waals surface area contributed by atoms with E-state index in [1.165, 1.54) is 10.0 Å². The summed E-state index contributed by atoms with van der Waals surface area (Å²) in [5.41, 5.74) is 1.39. The van der Waals surface area contributed by atoms with Crippen LogP contribution in [0.15, 0.2) is 60.7 Å². The molecular weight excluding hydrogens is 432 g/mol. The maximum absolute atomic E-state index is 13.1. The summed E-state index contributed by atoms with van der Waals surface area (Å²) < 4.78 is 0. The summed E-state index contributed by atoms with van der Waals surface area (Å²) in [6.07, 6.45) is -0.136. The molecule has 178 valence electrons. The minimum absolute atomic E-state index is 0.0679. The zero-order valence-electron chi connectivity index (χ0n) is 19.9. The fraction of sp³-hybridized carbons (Fsp3) is 0.385. The lowest BCUT2D eigenvalue weighted by molar-refractivity contribution is -0.135. The van der Waals surface area contributed by atoms with E-state index in [2.05, 4.69) is 0 Å². The smallest absolute Gasteiger partial charge is 0.253 e. The molecule has 4 unspecified atom stereocenters. The quantitative estimate of drug-likeness (QED) is 0.589. The standard InChI is InChI=1S/C26H30N4O4/c1-17-23(25(33)29(27(17)3)19-11-7-5-8-12-19)21(31)15-16-22(32)24-18(2)28(4)30(26(24)34)20-13-9-6-10-14-20/h5-14,17-18,23-24H,15-16H2,1-4H3. The molecule has 2 aromatic rings. The van der Waals surface area contributed by atoms with Gasteiger partial charge in [-0.1, -0.05) is 36.4 Å². The zero-order valence-corrected chi connectivity index (χ0v) is 19.9. The third kappa shape index (κ3) is 4.03. The molecular formula is C26H30N4O4. The number of anilines is 2. The van der Waals surface area contributed by atoms with Crippen molar-refractivity contribution < 1.29 is 19.2 Å². The average molecular weight is 463 g/mol. The van der Waals surface area contributed by atoms with Crippen molar-refractivity contribution >= 4 is 34.8 Å². The van der Waals surface area contributed by atoms with Gasteiger partial charge in [-0.15, -0.1) is 0 Å². The summed E-state index contributed by atoms with van der Waals surface area (Å²) >= 11 is 0. The molecule has 2 fully saturated rings. The molecule has 8 nitrogen and oxygen atoms in total. The first-order valence-electron chi connectivity index (χ1n) is 11.5. The summed E-state index contributed by atoms with van der Waals surface area (Å²) in [5.74, 6) is -2.83. The first-order chi connectivity index (χ1) is 16.2. The summed E-state index contributed by atoms with van der Waals surface area (Å²) in [5, 5.41) is 6.56. The predicted octanol–water partition coefficient (Wildman–Crippen LogP) is 2.70. The molecule has 0 aromatic heterocycles. The summed E-state index contributed by atoms with van der Waals surface area (Å²) in [7, 11) is 3.56. The van der Waals surface area contributed by atoms with Crippen molar-refractivity contribution in [3.8, 4) is 0 Å². The van der Waals surface area contributed by atoms with Crippen LogP contribution in [0.3, 0.4) is 0 Å². The van der Waals surface area contributed by atoms with Crippen molar-refractivity contribution in [2.75, 3.05) is 24.1 Å². The zero-order chi connectivity index (χ0) is 24.6. The van der Waals surface area contributed by atoms with E-state index >= 15 is 0 Å². The van der Waals surface area contributed by atoms with Gasteiger partial charge in [-0.2, -0.15) is 0 Å². The largest absolute Gasteiger partial charge is 0.299 e. The summed E-state index contributed by atoms with van der Waals surface area (Å²) in [6.45, 7) is 3.67. The molecule has 0 radical (unpaired) electrons. The number of amides is 2. The van der Waals surface area contributed by atoms with Crippen LogP contribution >= 0.6 is 0 Å². The number of hydrogen-bond acceptors (Lipinski definition) is 6. The number of carbonyl (C=O) groups is 4. The second kappa shape index (κ2) is 9.48. The molecule has 0 N–H and O–H groups in total. The first kappa shape index (κ1) is 23.8. The fourth-order valence-electron chi connectivity index (χ4n) is 4.91. The molecule has 4 rings (SSSR count). The molecule has 4 atom stereocenters. The van der Waals surface area contributed by atoms with Crippen LogP contribution in [0.5, 0.6) is 0 Å². The molecule has 2 saturated heterocycles. The lowest BCUT2D eigenvalue weighted by Gasteiger charge is -2.26. The van der Waals surface area contributed by atoms with Gasteiger partial charge >= 0.3 is 0 Å². The van der Waals surface area contributed by atoms with Crippen LogP contribution in [0.4, 0.5) is 11.4 Å². The number of rotatable bonds is 7. The predicted molar refractivity (Wildman–Crippen MR) is 129 cm³/mol. The van der Waals surface area contributed by atoms with Crippen LogP contribution in [0.1, 0.15) is 26.7 Å². The number of Topliss-reactive ketones (excluding diaryl/α,β-unsaturated/α-hetero) is 2. The van der Waals surface area contributed by atoms with Crippen LogP contribution < -0.4 is 10.0 Å². The molecule has 2 amide bonds. The maximum Gasteiger partial charge on any atom is 0.253 e. The van der Waals surface area contributed by atoms with Gasteiger partial charge in [-0.05, 0) is 38.1 Å². The van der Waals surface area contributed by atoms with Crippen molar-refractivity contribution in [2.24, 2.45) is 11.8 Å². The molecule has 2 heterocycles. The van der Waals surface area contributed by atoms with Crippen LogP contribution in [0.25, 0.3) is 0 Å². The van der Waals surface area contributed by atoms with Gasteiger partial charge in [0.15, 0.2) is 0 Å². The van der Waals surface area contributed by atoms with E-state index in [0.717, 1.165) is 0 Å². The number of nitrogens with zero attached hydrogens (tertiary/aromatic N) is 4. The molecule has 0 saturated carbocycles. The second-order valence-corrected chi connectivity index (χ2v) is 8.99. The first-order valence-corrected chi connectivity index (χ1v) is 11.5. The van der Waals surface area contributed by atoms with Crippen LogP contribution in [-0.4, -0.2) is 59.6 Å². The van der Waals surface area contributed by atoms with Gasteiger partial charge in [0.25, 0.3) is 11.8 Å². The minimum Gasteiger partial charge on any atom is -0.299 e. The highest BCUT2D eigenvalue weighted by molar-refractivity contribution is 6.13. The van der Waals surface area contributed by atoms with E-state index in [1.807, 2.05) is 74.5 Å². The Balaban J connectivity index is 1.43. The highest BCUT2D eigenvalue weighted by atomic mass is 16.2. The molecule has 2 aliphatic rings.